The van der Waals surface area contributed by atoms with Crippen molar-refractivity contribution < 1.29 is 17.9 Å². The average Bonchev–Trinajstić information content (AvgIpc) is 2.54. The second kappa shape index (κ2) is 7.48. The van der Waals surface area contributed by atoms with Crippen molar-refractivity contribution in [2.75, 3.05) is 20.8 Å². The fraction of sp³-hybridized carbons (Fsp3) is 0.294. The van der Waals surface area contributed by atoms with Gasteiger partial charge in [0.2, 0.25) is 10.0 Å². The van der Waals surface area contributed by atoms with Crippen LogP contribution in [0.2, 0.25) is 0 Å². The highest BCUT2D eigenvalue weighted by Crippen LogP contribution is 2.27. The van der Waals surface area contributed by atoms with Crippen molar-refractivity contribution in [1.29, 1.82) is 0 Å². The fourth-order valence-corrected chi connectivity index (χ4v) is 3.37. The first kappa shape index (κ1) is 17.3. The maximum atomic E-state index is 12.2. The lowest BCUT2D eigenvalue weighted by molar-refractivity contribution is 0.354. The Bertz CT molecular complexity index is 772. The van der Waals surface area contributed by atoms with E-state index in [9.17, 15) is 8.42 Å². The van der Waals surface area contributed by atoms with Gasteiger partial charge in [-0.2, -0.15) is 0 Å². The van der Waals surface area contributed by atoms with Crippen LogP contribution >= 0.6 is 0 Å². The van der Waals surface area contributed by atoms with E-state index in [1.165, 1.54) is 0 Å². The second-order valence-corrected chi connectivity index (χ2v) is 6.92. The monoisotopic (exact) mass is 335 g/mol. The van der Waals surface area contributed by atoms with E-state index >= 15 is 0 Å². The molecule has 0 saturated heterocycles. The number of nitrogens with one attached hydrogen (secondary N) is 1. The molecular weight excluding hydrogens is 314 g/mol. The molecule has 124 valence electrons. The lowest BCUT2D eigenvalue weighted by Crippen LogP contribution is -2.26. The molecule has 0 atom stereocenters. The molecule has 0 aliphatic carbocycles. The predicted octanol–water partition coefficient (Wildman–Crippen LogP) is 2.53. The number of sulfonamides is 1. The van der Waals surface area contributed by atoms with Gasteiger partial charge >= 0.3 is 0 Å². The second-order valence-electron chi connectivity index (χ2n) is 5.15. The summed E-state index contributed by atoms with van der Waals surface area (Å²) in [6.07, 6.45) is 0.561. The van der Waals surface area contributed by atoms with Crippen LogP contribution in [0.1, 0.15) is 11.1 Å². The van der Waals surface area contributed by atoms with Crippen LogP contribution in [0.4, 0.5) is 0 Å². The van der Waals surface area contributed by atoms with Gasteiger partial charge in [0.05, 0.1) is 19.1 Å². The minimum atomic E-state index is -3.49. The largest absolute Gasteiger partial charge is 0.493 e. The smallest absolute Gasteiger partial charge is 0.240 e. The first-order valence-electron chi connectivity index (χ1n) is 7.23. The first-order chi connectivity index (χ1) is 11.0. The molecule has 2 aromatic rings. The normalized spacial score (nSPS) is 11.3. The van der Waals surface area contributed by atoms with E-state index in [2.05, 4.69) is 4.72 Å². The summed E-state index contributed by atoms with van der Waals surface area (Å²) in [6, 6.07) is 12.4. The molecular formula is C17H21NO4S. The van der Waals surface area contributed by atoms with Crippen molar-refractivity contribution in [2.24, 2.45) is 0 Å². The molecule has 0 unspecified atom stereocenters. The average molecular weight is 335 g/mol. The van der Waals surface area contributed by atoms with E-state index in [0.717, 1.165) is 11.1 Å². The van der Waals surface area contributed by atoms with Crippen LogP contribution in [0.3, 0.4) is 0 Å². The molecule has 2 aromatic carbocycles. The van der Waals surface area contributed by atoms with E-state index in [1.807, 2.05) is 31.2 Å². The van der Waals surface area contributed by atoms with Gasteiger partial charge in [-0.1, -0.05) is 18.2 Å². The summed E-state index contributed by atoms with van der Waals surface area (Å²) in [5.74, 6) is 1.28. The van der Waals surface area contributed by atoms with Gasteiger partial charge in [-0.3, -0.25) is 0 Å². The number of ether oxygens (including phenoxy) is 2. The molecule has 0 saturated carbocycles. The molecule has 0 aliphatic heterocycles. The Morgan fingerprint density at radius 3 is 2.39 bits per heavy atom. The summed E-state index contributed by atoms with van der Waals surface area (Å²) >= 11 is 0. The van der Waals surface area contributed by atoms with Crippen molar-refractivity contribution >= 4 is 10.0 Å². The highest BCUT2D eigenvalue weighted by atomic mass is 32.2. The Hall–Kier alpha value is -2.05. The highest BCUT2D eigenvalue weighted by molar-refractivity contribution is 7.89. The van der Waals surface area contributed by atoms with E-state index in [0.29, 0.717) is 24.5 Å². The molecule has 0 bridgehead atoms. The molecule has 0 amide bonds. The molecule has 0 spiro atoms. The van der Waals surface area contributed by atoms with E-state index in [1.54, 1.807) is 32.4 Å². The highest BCUT2D eigenvalue weighted by Gasteiger charge is 2.13. The molecule has 0 fully saturated rings. The predicted molar refractivity (Wildman–Crippen MR) is 89.6 cm³/mol. The number of hydrogen-bond acceptors (Lipinski definition) is 4. The Labute approximate surface area is 137 Å². The molecule has 0 aliphatic rings. The van der Waals surface area contributed by atoms with Crippen LogP contribution in [-0.4, -0.2) is 29.2 Å². The van der Waals surface area contributed by atoms with Gasteiger partial charge in [-0.25, -0.2) is 13.1 Å². The minimum absolute atomic E-state index is 0.282. The standard InChI is InChI=1S/C17H21NO4S/c1-13-5-4-6-15(11-13)23(19,20)18-10-9-14-7-8-16(21-2)17(12-14)22-3/h4-8,11-12,18H,9-10H2,1-3H3. The lowest BCUT2D eigenvalue weighted by atomic mass is 10.1. The zero-order valence-corrected chi connectivity index (χ0v) is 14.3. The number of aryl methyl sites for hydroxylation is 1. The van der Waals surface area contributed by atoms with Crippen LogP contribution in [0.5, 0.6) is 11.5 Å². The molecule has 5 nitrogen and oxygen atoms in total. The van der Waals surface area contributed by atoms with Gasteiger partial charge in [-0.15, -0.1) is 0 Å². The molecule has 1 N–H and O–H groups in total. The summed E-state index contributed by atoms with van der Waals surface area (Å²) in [7, 11) is -0.339. The summed E-state index contributed by atoms with van der Waals surface area (Å²) in [5.41, 5.74) is 1.88. The van der Waals surface area contributed by atoms with Crippen molar-refractivity contribution in [1.82, 2.24) is 4.72 Å². The van der Waals surface area contributed by atoms with Crippen molar-refractivity contribution in [3.05, 3.63) is 53.6 Å². The van der Waals surface area contributed by atoms with Gasteiger partial charge in [-0.05, 0) is 48.7 Å². The fourth-order valence-electron chi connectivity index (χ4n) is 2.23. The molecule has 23 heavy (non-hydrogen) atoms. The number of hydrogen-bond donors (Lipinski definition) is 1. The summed E-state index contributed by atoms with van der Waals surface area (Å²) in [5, 5.41) is 0. The first-order valence-corrected chi connectivity index (χ1v) is 8.72. The Morgan fingerprint density at radius 2 is 1.74 bits per heavy atom. The Morgan fingerprint density at radius 1 is 1.00 bits per heavy atom. The molecule has 6 heteroatoms. The molecule has 0 heterocycles. The van der Waals surface area contributed by atoms with Gasteiger partial charge in [0.15, 0.2) is 11.5 Å². The summed E-state index contributed by atoms with van der Waals surface area (Å²) in [6.45, 7) is 2.18. The van der Waals surface area contributed by atoms with Crippen LogP contribution < -0.4 is 14.2 Å². The van der Waals surface area contributed by atoms with Gasteiger partial charge in [0.25, 0.3) is 0 Å². The quantitative estimate of drug-likeness (QED) is 0.844. The summed E-state index contributed by atoms with van der Waals surface area (Å²) < 4.78 is 37.5. The van der Waals surface area contributed by atoms with Gasteiger partial charge in [0, 0.05) is 6.54 Å². The number of methoxy groups -OCH3 is 2. The third-order valence-electron chi connectivity index (χ3n) is 3.45. The van der Waals surface area contributed by atoms with Crippen LogP contribution in [0, 0.1) is 6.92 Å². The van der Waals surface area contributed by atoms with Crippen LogP contribution in [0.25, 0.3) is 0 Å². The third kappa shape index (κ3) is 4.46. The topological polar surface area (TPSA) is 64.6 Å². The number of rotatable bonds is 7. The van der Waals surface area contributed by atoms with Gasteiger partial charge in [0.1, 0.15) is 0 Å². The SMILES string of the molecule is COc1ccc(CCNS(=O)(=O)c2cccc(C)c2)cc1OC. The molecule has 0 radical (unpaired) electrons. The van der Waals surface area contributed by atoms with Crippen molar-refractivity contribution in [2.45, 2.75) is 18.2 Å². The van der Waals surface area contributed by atoms with Crippen LogP contribution in [0.15, 0.2) is 47.4 Å². The summed E-state index contributed by atoms with van der Waals surface area (Å²) in [4.78, 5) is 0.282. The maximum absolute atomic E-state index is 12.2. The van der Waals surface area contributed by atoms with Crippen molar-refractivity contribution in [3.8, 4) is 11.5 Å². The van der Waals surface area contributed by atoms with E-state index in [4.69, 9.17) is 9.47 Å². The molecule has 0 aromatic heterocycles. The number of benzene rings is 2. The Kier molecular flexibility index (Phi) is 5.63. The molecule has 2 rings (SSSR count). The maximum Gasteiger partial charge on any atom is 0.240 e. The third-order valence-corrected chi connectivity index (χ3v) is 4.91. The van der Waals surface area contributed by atoms with E-state index in [-0.39, 0.29) is 4.90 Å². The van der Waals surface area contributed by atoms with Crippen LogP contribution in [-0.2, 0) is 16.4 Å². The lowest BCUT2D eigenvalue weighted by Gasteiger charge is -2.10. The van der Waals surface area contributed by atoms with E-state index < -0.39 is 10.0 Å². The van der Waals surface area contributed by atoms with Crippen molar-refractivity contribution in [3.63, 3.8) is 0 Å². The van der Waals surface area contributed by atoms with Gasteiger partial charge < -0.3 is 9.47 Å². The zero-order valence-electron chi connectivity index (χ0n) is 13.5. The zero-order chi connectivity index (χ0) is 16.9. The Balaban J connectivity index is 2.02. The minimum Gasteiger partial charge on any atom is -0.493 e.